The van der Waals surface area contributed by atoms with E-state index >= 15 is 0 Å². The zero-order valence-electron chi connectivity index (χ0n) is 16.0. The van der Waals surface area contributed by atoms with Crippen molar-refractivity contribution in [2.75, 3.05) is 0 Å². The first-order valence-corrected chi connectivity index (χ1v) is 13.2. The van der Waals surface area contributed by atoms with Crippen molar-refractivity contribution in [3.63, 3.8) is 0 Å². The second-order valence-corrected chi connectivity index (χ2v) is 12.6. The fourth-order valence-electron chi connectivity index (χ4n) is 3.17. The molecule has 0 aromatic rings. The van der Waals surface area contributed by atoms with E-state index in [0.29, 0.717) is 5.78 Å². The Morgan fingerprint density at radius 2 is 1.26 bits per heavy atom. The summed E-state index contributed by atoms with van der Waals surface area (Å²) < 4.78 is 6.25. The fraction of sp³-hybridized carbons (Fsp3) is 0.850. The van der Waals surface area contributed by atoms with E-state index in [9.17, 15) is 4.79 Å². The Balaban J connectivity index is 2.66. The zero-order chi connectivity index (χ0) is 17.1. The summed E-state index contributed by atoms with van der Waals surface area (Å²) in [5, 5.41) is 0. The number of hydrogen-bond acceptors (Lipinski definition) is 2. The van der Waals surface area contributed by atoms with Crippen LogP contribution < -0.4 is 0 Å². The van der Waals surface area contributed by atoms with Gasteiger partial charge in [0.25, 0.3) is 0 Å². The quantitative estimate of drug-likeness (QED) is 0.529. The molecular formula is C20H38O2Si. The molecule has 134 valence electrons. The molecule has 0 radical (unpaired) electrons. The van der Waals surface area contributed by atoms with Crippen molar-refractivity contribution >= 4 is 14.1 Å². The molecule has 0 bridgehead atoms. The summed E-state index contributed by atoms with van der Waals surface area (Å²) >= 11 is 0. The molecule has 1 atom stereocenters. The fourth-order valence-corrected chi connectivity index (χ4v) is 4.13. The first kappa shape index (κ1) is 20.5. The van der Waals surface area contributed by atoms with Gasteiger partial charge in [-0.25, -0.2) is 0 Å². The Morgan fingerprint density at radius 3 is 1.74 bits per heavy atom. The molecule has 2 nitrogen and oxygen atoms in total. The van der Waals surface area contributed by atoms with Gasteiger partial charge in [-0.2, -0.15) is 0 Å². The molecule has 1 rings (SSSR count). The number of allylic oxidation sites excluding steroid dienone is 2. The predicted octanol–water partition coefficient (Wildman–Crippen LogP) is 6.62. The van der Waals surface area contributed by atoms with Gasteiger partial charge in [0.05, 0.1) is 5.76 Å². The molecule has 0 saturated carbocycles. The van der Waals surface area contributed by atoms with Crippen molar-refractivity contribution in [1.29, 1.82) is 0 Å². The van der Waals surface area contributed by atoms with Crippen LogP contribution in [0.4, 0.5) is 0 Å². The molecule has 0 aromatic carbocycles. The van der Waals surface area contributed by atoms with Crippen LogP contribution in [0.25, 0.3) is 0 Å². The lowest BCUT2D eigenvalue weighted by Gasteiger charge is -2.23. The highest BCUT2D eigenvalue weighted by molar-refractivity contribution is 6.70. The second-order valence-electron chi connectivity index (χ2n) is 8.14. The summed E-state index contributed by atoms with van der Waals surface area (Å²) in [6, 6.07) is 0. The first-order valence-electron chi connectivity index (χ1n) is 9.81. The Hall–Kier alpha value is -0.573. The van der Waals surface area contributed by atoms with Gasteiger partial charge in [-0.05, 0) is 38.6 Å². The van der Waals surface area contributed by atoms with Gasteiger partial charge in [0, 0.05) is 18.8 Å². The summed E-state index contributed by atoms with van der Waals surface area (Å²) in [4.78, 5) is 12.3. The minimum absolute atomic E-state index is 0.00857. The lowest BCUT2D eigenvalue weighted by atomic mass is 9.97. The minimum Gasteiger partial charge on any atom is -0.548 e. The smallest absolute Gasteiger partial charge is 0.241 e. The normalized spacial score (nSPS) is 26.3. The van der Waals surface area contributed by atoms with Crippen molar-refractivity contribution in [2.24, 2.45) is 5.92 Å². The Bertz CT molecular complexity index is 368. The molecule has 1 aliphatic carbocycles. The van der Waals surface area contributed by atoms with E-state index in [1.54, 1.807) is 0 Å². The van der Waals surface area contributed by atoms with Crippen LogP contribution in [0, 0.1) is 5.92 Å². The second kappa shape index (κ2) is 11.1. The van der Waals surface area contributed by atoms with E-state index in [0.717, 1.165) is 25.0 Å². The molecule has 0 aromatic heterocycles. The van der Waals surface area contributed by atoms with E-state index < -0.39 is 8.32 Å². The molecule has 23 heavy (non-hydrogen) atoms. The summed E-state index contributed by atoms with van der Waals surface area (Å²) in [5.74, 6) is 1.47. The van der Waals surface area contributed by atoms with Crippen LogP contribution in [0.15, 0.2) is 11.8 Å². The molecule has 0 saturated heterocycles. The van der Waals surface area contributed by atoms with Gasteiger partial charge < -0.3 is 4.43 Å². The zero-order valence-corrected chi connectivity index (χ0v) is 17.0. The number of hydrogen-bond donors (Lipinski definition) is 0. The van der Waals surface area contributed by atoms with E-state index in [4.69, 9.17) is 4.43 Å². The molecule has 1 unspecified atom stereocenters. The Kier molecular flexibility index (Phi) is 9.85. The van der Waals surface area contributed by atoms with E-state index in [-0.39, 0.29) is 5.92 Å². The SMILES string of the molecule is CC1/C=C(/O[Si](C)(C)C)CCCCCCCCCCCCC1=O. The van der Waals surface area contributed by atoms with Crippen molar-refractivity contribution < 1.29 is 9.22 Å². The highest BCUT2D eigenvalue weighted by Gasteiger charge is 2.19. The molecule has 3 heteroatoms. The van der Waals surface area contributed by atoms with E-state index in [2.05, 4.69) is 25.7 Å². The topological polar surface area (TPSA) is 26.3 Å². The van der Waals surface area contributed by atoms with Crippen LogP contribution in [-0.4, -0.2) is 14.1 Å². The average Bonchev–Trinajstić information content (AvgIpc) is 2.45. The third-order valence-electron chi connectivity index (χ3n) is 4.48. The lowest BCUT2D eigenvalue weighted by Crippen LogP contribution is -2.25. The molecular weight excluding hydrogens is 300 g/mol. The van der Waals surface area contributed by atoms with Crippen LogP contribution in [0.5, 0.6) is 0 Å². The number of Topliss-reactive ketones (excluding diaryl/α,β-unsaturated/α-hetero) is 1. The van der Waals surface area contributed by atoms with Gasteiger partial charge in [0.2, 0.25) is 8.32 Å². The van der Waals surface area contributed by atoms with Crippen LogP contribution >= 0.6 is 0 Å². The summed E-state index contributed by atoms with van der Waals surface area (Å²) in [7, 11) is -1.60. The van der Waals surface area contributed by atoms with Crippen molar-refractivity contribution in [2.45, 2.75) is 104 Å². The van der Waals surface area contributed by atoms with Gasteiger partial charge in [0.15, 0.2) is 0 Å². The molecule has 0 N–H and O–H groups in total. The molecule has 0 heterocycles. The van der Waals surface area contributed by atoms with Crippen molar-refractivity contribution in [1.82, 2.24) is 0 Å². The van der Waals surface area contributed by atoms with Gasteiger partial charge >= 0.3 is 0 Å². The molecule has 1 aliphatic rings. The van der Waals surface area contributed by atoms with Crippen LogP contribution in [0.2, 0.25) is 19.6 Å². The van der Waals surface area contributed by atoms with Crippen molar-refractivity contribution in [3.8, 4) is 0 Å². The third kappa shape index (κ3) is 10.8. The van der Waals surface area contributed by atoms with Crippen molar-refractivity contribution in [3.05, 3.63) is 11.8 Å². The highest BCUT2D eigenvalue weighted by atomic mass is 28.4. The number of ketones is 1. The molecule has 0 spiro atoms. The largest absolute Gasteiger partial charge is 0.548 e. The highest BCUT2D eigenvalue weighted by Crippen LogP contribution is 2.21. The maximum atomic E-state index is 12.3. The summed E-state index contributed by atoms with van der Waals surface area (Å²) in [6.07, 6.45) is 16.7. The van der Waals surface area contributed by atoms with E-state index in [1.807, 2.05) is 6.92 Å². The van der Waals surface area contributed by atoms with Gasteiger partial charge in [0.1, 0.15) is 5.78 Å². The molecule has 0 fully saturated rings. The average molecular weight is 339 g/mol. The predicted molar refractivity (Wildman–Crippen MR) is 102 cm³/mol. The minimum atomic E-state index is -1.60. The lowest BCUT2D eigenvalue weighted by molar-refractivity contribution is -0.121. The number of rotatable bonds is 2. The van der Waals surface area contributed by atoms with Crippen LogP contribution in [0.3, 0.4) is 0 Å². The molecule has 0 aliphatic heterocycles. The maximum absolute atomic E-state index is 12.3. The summed E-state index contributed by atoms with van der Waals surface area (Å²) in [6.45, 7) is 8.71. The van der Waals surface area contributed by atoms with Crippen LogP contribution in [0.1, 0.15) is 84.0 Å². The van der Waals surface area contributed by atoms with Gasteiger partial charge in [-0.3, -0.25) is 4.79 Å². The van der Waals surface area contributed by atoms with Crippen LogP contribution in [-0.2, 0) is 9.22 Å². The first-order chi connectivity index (χ1) is 10.9. The summed E-state index contributed by atoms with van der Waals surface area (Å²) in [5.41, 5.74) is 0. The number of carbonyl (C=O) groups excluding carboxylic acids is 1. The third-order valence-corrected chi connectivity index (χ3v) is 5.35. The van der Waals surface area contributed by atoms with Gasteiger partial charge in [-0.1, -0.05) is 58.3 Å². The van der Waals surface area contributed by atoms with Gasteiger partial charge in [-0.15, -0.1) is 0 Å². The maximum Gasteiger partial charge on any atom is 0.241 e. The standard InChI is InChI=1S/C20H38O2Si/c1-18-17-19(22-23(2,3)4)15-13-11-9-7-5-6-8-10-12-14-16-20(18)21/h17-18H,5-16H2,1-4H3/b19-17+. The Labute approximate surface area is 145 Å². The Morgan fingerprint density at radius 1 is 0.826 bits per heavy atom. The number of carbonyl (C=O) groups is 1. The monoisotopic (exact) mass is 338 g/mol. The molecule has 0 amide bonds. The van der Waals surface area contributed by atoms with E-state index in [1.165, 1.54) is 57.8 Å².